The lowest BCUT2D eigenvalue weighted by Crippen LogP contribution is -2.53. The number of carbonyl (C=O) groups excluding carboxylic acids is 2. The van der Waals surface area contributed by atoms with Crippen LogP contribution in [0.15, 0.2) is 48.5 Å². The summed E-state index contributed by atoms with van der Waals surface area (Å²) in [5.41, 5.74) is 1.23. The molecule has 0 fully saturated rings. The van der Waals surface area contributed by atoms with E-state index in [-0.39, 0.29) is 30.8 Å². The van der Waals surface area contributed by atoms with Gasteiger partial charge in [-0.1, -0.05) is 30.3 Å². The van der Waals surface area contributed by atoms with Gasteiger partial charge in [-0.05, 0) is 63.9 Å². The van der Waals surface area contributed by atoms with E-state index in [4.69, 9.17) is 4.74 Å². The van der Waals surface area contributed by atoms with Gasteiger partial charge in [0.1, 0.15) is 17.6 Å². The van der Waals surface area contributed by atoms with Crippen molar-refractivity contribution < 1.29 is 18.7 Å². The first-order valence-electron chi connectivity index (χ1n) is 9.61. The zero-order chi connectivity index (χ0) is 21.6. The van der Waals surface area contributed by atoms with E-state index in [1.807, 2.05) is 45.9 Å². The molecule has 156 valence electrons. The van der Waals surface area contributed by atoms with Crippen LogP contribution in [0.25, 0.3) is 0 Å². The molecule has 5 nitrogen and oxygen atoms in total. The van der Waals surface area contributed by atoms with Crippen molar-refractivity contribution in [2.24, 2.45) is 0 Å². The third-order valence-electron chi connectivity index (χ3n) is 4.38. The maximum Gasteiger partial charge on any atom is 0.261 e. The van der Waals surface area contributed by atoms with Crippen LogP contribution >= 0.6 is 0 Å². The fourth-order valence-electron chi connectivity index (χ4n) is 2.78. The van der Waals surface area contributed by atoms with Gasteiger partial charge >= 0.3 is 0 Å². The first-order chi connectivity index (χ1) is 13.6. The highest BCUT2D eigenvalue weighted by Crippen LogP contribution is 2.17. The summed E-state index contributed by atoms with van der Waals surface area (Å²) >= 11 is 0. The van der Waals surface area contributed by atoms with E-state index in [9.17, 15) is 14.0 Å². The predicted octanol–water partition coefficient (Wildman–Crippen LogP) is 3.84. The Balaban J connectivity index is 2.18. The quantitative estimate of drug-likeness (QED) is 0.768. The number of hydrogen-bond donors (Lipinski definition) is 1. The molecule has 0 heterocycles. The van der Waals surface area contributed by atoms with Crippen LogP contribution in [0, 0.1) is 12.7 Å². The average Bonchev–Trinajstić information content (AvgIpc) is 2.64. The number of para-hydroxylation sites is 1. The van der Waals surface area contributed by atoms with Gasteiger partial charge in [0.05, 0.1) is 0 Å². The number of rotatable bonds is 7. The fraction of sp³-hybridized carbons (Fsp3) is 0.391. The van der Waals surface area contributed by atoms with Crippen molar-refractivity contribution in [3.63, 3.8) is 0 Å². The number of amides is 2. The third-order valence-corrected chi connectivity index (χ3v) is 4.38. The van der Waals surface area contributed by atoms with E-state index in [2.05, 4.69) is 5.32 Å². The van der Waals surface area contributed by atoms with E-state index >= 15 is 0 Å². The van der Waals surface area contributed by atoms with Crippen molar-refractivity contribution in [1.29, 1.82) is 0 Å². The smallest absolute Gasteiger partial charge is 0.261 e. The van der Waals surface area contributed by atoms with E-state index in [1.165, 1.54) is 17.0 Å². The Morgan fingerprint density at radius 2 is 1.72 bits per heavy atom. The van der Waals surface area contributed by atoms with Crippen LogP contribution in [0.5, 0.6) is 5.75 Å². The van der Waals surface area contributed by atoms with E-state index < -0.39 is 11.6 Å². The van der Waals surface area contributed by atoms with Crippen LogP contribution in [-0.4, -0.2) is 34.9 Å². The first-order valence-corrected chi connectivity index (χ1v) is 9.61. The van der Waals surface area contributed by atoms with Crippen molar-refractivity contribution in [1.82, 2.24) is 10.2 Å². The molecule has 2 rings (SSSR count). The van der Waals surface area contributed by atoms with Crippen molar-refractivity contribution in [3.05, 3.63) is 65.5 Å². The van der Waals surface area contributed by atoms with E-state index in [1.54, 1.807) is 25.1 Å². The highest BCUT2D eigenvalue weighted by molar-refractivity contribution is 5.88. The average molecular weight is 400 g/mol. The number of benzene rings is 2. The lowest BCUT2D eigenvalue weighted by molar-refractivity contribution is -0.142. The number of ether oxygens (including phenoxy) is 1. The summed E-state index contributed by atoms with van der Waals surface area (Å²) in [4.78, 5) is 27.1. The lowest BCUT2D eigenvalue weighted by Gasteiger charge is -2.31. The Bertz CT molecular complexity index is 844. The van der Waals surface area contributed by atoms with Crippen LogP contribution in [0.4, 0.5) is 4.39 Å². The van der Waals surface area contributed by atoms with Gasteiger partial charge in [0.2, 0.25) is 5.91 Å². The molecule has 29 heavy (non-hydrogen) atoms. The maximum absolute atomic E-state index is 13.2. The number of halogens is 1. The molecule has 1 N–H and O–H groups in total. The molecule has 6 heteroatoms. The number of nitrogens with zero attached hydrogens (tertiary/aromatic N) is 1. The largest absolute Gasteiger partial charge is 0.484 e. The number of carbonyl (C=O) groups is 2. The second-order valence-electron chi connectivity index (χ2n) is 8.12. The molecule has 0 radical (unpaired) electrons. The Kier molecular flexibility index (Phi) is 7.37. The molecule has 2 aromatic rings. The highest BCUT2D eigenvalue weighted by atomic mass is 19.1. The van der Waals surface area contributed by atoms with Crippen molar-refractivity contribution in [2.75, 3.05) is 6.61 Å². The standard InChI is InChI=1S/C23H29FN2O3/c1-16-8-6-7-9-20(16)29-15-21(27)26(14-18-10-12-19(24)13-11-18)17(2)22(28)25-23(3,4)5/h6-13,17H,14-15H2,1-5H3,(H,25,28). The summed E-state index contributed by atoms with van der Waals surface area (Å²) < 4.78 is 18.9. The molecule has 0 aliphatic heterocycles. The van der Waals surface area contributed by atoms with Crippen LogP contribution in [0.1, 0.15) is 38.8 Å². The molecule has 0 aliphatic carbocycles. The molecule has 0 bridgehead atoms. The van der Waals surface area contributed by atoms with Crippen LogP contribution in [0.2, 0.25) is 0 Å². The van der Waals surface area contributed by atoms with Gasteiger partial charge < -0.3 is 15.0 Å². The SMILES string of the molecule is Cc1ccccc1OCC(=O)N(Cc1ccc(F)cc1)C(C)C(=O)NC(C)(C)C. The third kappa shape index (κ3) is 6.89. The van der Waals surface area contributed by atoms with Gasteiger partial charge in [-0.25, -0.2) is 4.39 Å². The van der Waals surface area contributed by atoms with Crippen molar-refractivity contribution >= 4 is 11.8 Å². The molecule has 0 saturated carbocycles. The van der Waals surface area contributed by atoms with Gasteiger partial charge in [-0.2, -0.15) is 0 Å². The summed E-state index contributed by atoms with van der Waals surface area (Å²) in [5, 5.41) is 2.90. The van der Waals surface area contributed by atoms with E-state index in [0.717, 1.165) is 11.1 Å². The number of aryl methyl sites for hydroxylation is 1. The monoisotopic (exact) mass is 400 g/mol. The van der Waals surface area contributed by atoms with Crippen LogP contribution in [-0.2, 0) is 16.1 Å². The second kappa shape index (κ2) is 9.54. The zero-order valence-corrected chi connectivity index (χ0v) is 17.7. The van der Waals surface area contributed by atoms with Gasteiger partial charge in [0, 0.05) is 12.1 Å². The van der Waals surface area contributed by atoms with Gasteiger partial charge in [0.25, 0.3) is 5.91 Å². The molecule has 0 spiro atoms. The normalized spacial score (nSPS) is 12.2. The fourth-order valence-corrected chi connectivity index (χ4v) is 2.78. The van der Waals surface area contributed by atoms with Crippen LogP contribution < -0.4 is 10.1 Å². The summed E-state index contributed by atoms with van der Waals surface area (Å²) in [6.45, 7) is 9.20. The minimum Gasteiger partial charge on any atom is -0.484 e. The predicted molar refractivity (Wildman–Crippen MR) is 111 cm³/mol. The Hall–Kier alpha value is -2.89. The van der Waals surface area contributed by atoms with Crippen molar-refractivity contribution in [3.8, 4) is 5.75 Å². The molecule has 1 unspecified atom stereocenters. The maximum atomic E-state index is 13.2. The number of hydrogen-bond acceptors (Lipinski definition) is 3. The molecule has 2 aromatic carbocycles. The molecule has 2 amide bonds. The Labute approximate surface area is 171 Å². The number of nitrogens with one attached hydrogen (secondary N) is 1. The summed E-state index contributed by atoms with van der Waals surface area (Å²) in [6, 6.07) is 12.6. The molecule has 0 saturated heterocycles. The topological polar surface area (TPSA) is 58.6 Å². The van der Waals surface area contributed by atoms with Gasteiger partial charge in [0.15, 0.2) is 6.61 Å². The molecule has 0 aromatic heterocycles. The van der Waals surface area contributed by atoms with Gasteiger partial charge in [-0.3, -0.25) is 9.59 Å². The second-order valence-corrected chi connectivity index (χ2v) is 8.12. The molecular weight excluding hydrogens is 371 g/mol. The summed E-state index contributed by atoms with van der Waals surface area (Å²) in [7, 11) is 0. The minimum atomic E-state index is -0.716. The lowest BCUT2D eigenvalue weighted by atomic mass is 10.1. The Morgan fingerprint density at radius 1 is 1.10 bits per heavy atom. The Morgan fingerprint density at radius 3 is 2.31 bits per heavy atom. The van der Waals surface area contributed by atoms with Gasteiger partial charge in [-0.15, -0.1) is 0 Å². The van der Waals surface area contributed by atoms with Crippen molar-refractivity contribution in [2.45, 2.75) is 52.7 Å². The molecule has 1 atom stereocenters. The molecular formula is C23H29FN2O3. The zero-order valence-electron chi connectivity index (χ0n) is 17.7. The van der Waals surface area contributed by atoms with Crippen LogP contribution in [0.3, 0.4) is 0 Å². The summed E-state index contributed by atoms with van der Waals surface area (Å²) in [6.07, 6.45) is 0. The first kappa shape index (κ1) is 22.4. The molecule has 0 aliphatic rings. The van der Waals surface area contributed by atoms with E-state index in [0.29, 0.717) is 5.75 Å². The minimum absolute atomic E-state index is 0.176. The highest BCUT2D eigenvalue weighted by Gasteiger charge is 2.28. The summed E-state index contributed by atoms with van der Waals surface area (Å²) in [5.74, 6) is -0.319.